The van der Waals surface area contributed by atoms with Gasteiger partial charge in [0.2, 0.25) is 0 Å². The van der Waals surface area contributed by atoms with Crippen molar-refractivity contribution in [2.75, 3.05) is 5.32 Å². The number of thiophene rings is 1. The van der Waals surface area contributed by atoms with Gasteiger partial charge < -0.3 is 5.32 Å². The molecular weight excluding hydrogens is 415 g/mol. The third kappa shape index (κ3) is 3.01. The van der Waals surface area contributed by atoms with Gasteiger partial charge in [0.1, 0.15) is 0 Å². The molecule has 0 aliphatic carbocycles. The predicted octanol–water partition coefficient (Wildman–Crippen LogP) is 4.66. The molecule has 9 heteroatoms. The molecule has 132 valence electrons. The van der Waals surface area contributed by atoms with Crippen LogP contribution in [0.1, 0.15) is 15.2 Å². The number of pyridine rings is 1. The predicted molar refractivity (Wildman–Crippen MR) is 103 cm³/mol. The van der Waals surface area contributed by atoms with E-state index in [2.05, 4.69) is 10.3 Å². The molecule has 0 bridgehead atoms. The van der Waals surface area contributed by atoms with E-state index < -0.39 is 9.84 Å². The lowest BCUT2D eigenvalue weighted by atomic mass is 10.1. The maximum absolute atomic E-state index is 12.6. The first kappa shape index (κ1) is 17.5. The van der Waals surface area contributed by atoms with E-state index in [4.69, 9.17) is 23.2 Å². The number of amides is 1. The minimum absolute atomic E-state index is 0.160. The second-order valence-corrected chi connectivity index (χ2v) is 9.47. The maximum Gasteiger partial charge on any atom is 0.265 e. The van der Waals surface area contributed by atoms with Gasteiger partial charge in [0.05, 0.1) is 21.2 Å². The Balaban J connectivity index is 1.75. The lowest BCUT2D eigenvalue weighted by Gasteiger charge is -2.16. The van der Waals surface area contributed by atoms with Gasteiger partial charge in [-0.15, -0.1) is 11.3 Å². The summed E-state index contributed by atoms with van der Waals surface area (Å²) in [7, 11) is -3.50. The van der Waals surface area contributed by atoms with Gasteiger partial charge >= 0.3 is 0 Å². The van der Waals surface area contributed by atoms with E-state index in [-0.39, 0.29) is 21.7 Å². The van der Waals surface area contributed by atoms with Crippen molar-refractivity contribution in [2.45, 2.75) is 10.6 Å². The summed E-state index contributed by atoms with van der Waals surface area (Å²) >= 11 is 13.1. The molecule has 0 atom stereocenters. The molecule has 3 heterocycles. The highest BCUT2D eigenvalue weighted by Crippen LogP contribution is 2.43. The highest BCUT2D eigenvalue weighted by molar-refractivity contribution is 7.91. The van der Waals surface area contributed by atoms with E-state index in [1.165, 1.54) is 23.6 Å². The molecule has 1 amide bonds. The molecule has 1 aliphatic heterocycles. The number of nitrogens with one attached hydrogen (secondary N) is 1. The Morgan fingerprint density at radius 1 is 1.19 bits per heavy atom. The molecule has 2 aromatic heterocycles. The fourth-order valence-electron chi connectivity index (χ4n) is 2.76. The molecule has 0 radical (unpaired) electrons. The molecule has 0 saturated carbocycles. The Hall–Kier alpha value is -1.93. The summed E-state index contributed by atoms with van der Waals surface area (Å²) < 4.78 is 25.0. The van der Waals surface area contributed by atoms with Crippen LogP contribution >= 0.6 is 34.5 Å². The summed E-state index contributed by atoms with van der Waals surface area (Å²) in [6, 6.07) is 9.66. The number of aromatic nitrogens is 1. The third-order valence-electron chi connectivity index (χ3n) is 3.91. The Morgan fingerprint density at radius 2 is 2.00 bits per heavy atom. The van der Waals surface area contributed by atoms with Gasteiger partial charge in [-0.1, -0.05) is 29.3 Å². The zero-order valence-corrected chi connectivity index (χ0v) is 16.1. The van der Waals surface area contributed by atoms with Crippen molar-refractivity contribution in [1.82, 2.24) is 4.98 Å². The Kier molecular flexibility index (Phi) is 4.27. The van der Waals surface area contributed by atoms with E-state index in [9.17, 15) is 13.2 Å². The van der Waals surface area contributed by atoms with Crippen LogP contribution in [0.3, 0.4) is 0 Å². The van der Waals surface area contributed by atoms with Crippen molar-refractivity contribution in [3.05, 3.63) is 63.2 Å². The van der Waals surface area contributed by atoms with Crippen molar-refractivity contribution >= 4 is 56.0 Å². The van der Waals surface area contributed by atoms with E-state index in [0.29, 0.717) is 26.7 Å². The second kappa shape index (κ2) is 6.35. The van der Waals surface area contributed by atoms with Crippen LogP contribution in [0.25, 0.3) is 10.4 Å². The Morgan fingerprint density at radius 3 is 2.77 bits per heavy atom. The second-order valence-electron chi connectivity index (χ2n) is 5.66. The number of carbonyl (C=O) groups excluding carboxylic acids is 1. The van der Waals surface area contributed by atoms with Crippen molar-refractivity contribution in [2.24, 2.45) is 0 Å². The quantitative estimate of drug-likeness (QED) is 0.606. The molecule has 3 aromatic rings. The standard InChI is InChI=1S/C17H10Cl2N2O3S2/c18-10-3-4-11-14(7-10)26(23,24)8-9-6-13(25-15(9)11)17(22)21-12-2-1-5-20-16(12)19/h1-7H,8H2,(H,21,22). The number of rotatable bonds is 2. The van der Waals surface area contributed by atoms with Crippen molar-refractivity contribution in [1.29, 1.82) is 0 Å². The molecule has 5 nitrogen and oxygen atoms in total. The van der Waals surface area contributed by atoms with Crippen LogP contribution in [0.15, 0.2) is 47.5 Å². The number of sulfone groups is 1. The summed E-state index contributed by atoms with van der Waals surface area (Å²) in [6.45, 7) is 0. The summed E-state index contributed by atoms with van der Waals surface area (Å²) in [5.74, 6) is -0.528. The zero-order chi connectivity index (χ0) is 18.5. The van der Waals surface area contributed by atoms with Gasteiger partial charge in [-0.25, -0.2) is 13.4 Å². The lowest BCUT2D eigenvalue weighted by molar-refractivity contribution is 0.103. The van der Waals surface area contributed by atoms with Crippen molar-refractivity contribution < 1.29 is 13.2 Å². The van der Waals surface area contributed by atoms with Gasteiger partial charge in [0.25, 0.3) is 5.91 Å². The van der Waals surface area contributed by atoms with E-state index in [1.807, 2.05) is 0 Å². The first-order chi connectivity index (χ1) is 12.3. The van der Waals surface area contributed by atoms with E-state index in [0.717, 1.165) is 4.88 Å². The van der Waals surface area contributed by atoms with Gasteiger partial charge in [0.15, 0.2) is 15.0 Å². The number of anilines is 1. The molecule has 0 unspecified atom stereocenters. The van der Waals surface area contributed by atoms with Crippen LogP contribution in [0, 0.1) is 0 Å². The van der Waals surface area contributed by atoms with Gasteiger partial charge in [0, 0.05) is 21.7 Å². The van der Waals surface area contributed by atoms with Crippen LogP contribution in [-0.4, -0.2) is 19.3 Å². The lowest BCUT2D eigenvalue weighted by Crippen LogP contribution is -2.11. The Labute approximate surface area is 163 Å². The minimum Gasteiger partial charge on any atom is -0.319 e. The number of carbonyl (C=O) groups is 1. The zero-order valence-electron chi connectivity index (χ0n) is 13.0. The molecule has 0 spiro atoms. The molecule has 0 saturated heterocycles. The molecular formula is C17H10Cl2N2O3S2. The molecule has 4 rings (SSSR count). The molecule has 0 fully saturated rings. The first-order valence-electron chi connectivity index (χ1n) is 7.42. The summed E-state index contributed by atoms with van der Waals surface area (Å²) in [6.07, 6.45) is 1.52. The summed E-state index contributed by atoms with van der Waals surface area (Å²) in [4.78, 5) is 17.8. The summed E-state index contributed by atoms with van der Waals surface area (Å²) in [5, 5.41) is 3.24. The Bertz CT molecular complexity index is 1160. The highest BCUT2D eigenvalue weighted by atomic mass is 35.5. The average molecular weight is 425 g/mol. The maximum atomic E-state index is 12.6. The SMILES string of the molecule is O=C(Nc1cccnc1Cl)c1cc2c(s1)-c1ccc(Cl)cc1S(=O)(=O)C2. The number of benzene rings is 1. The molecule has 26 heavy (non-hydrogen) atoms. The van der Waals surface area contributed by atoms with Gasteiger partial charge in [-0.3, -0.25) is 4.79 Å². The number of nitrogens with zero attached hydrogens (tertiary/aromatic N) is 1. The van der Waals surface area contributed by atoms with Crippen LogP contribution in [0.2, 0.25) is 10.2 Å². The minimum atomic E-state index is -3.50. The van der Waals surface area contributed by atoms with Crippen LogP contribution in [-0.2, 0) is 15.6 Å². The number of halogens is 2. The highest BCUT2D eigenvalue weighted by Gasteiger charge is 2.31. The summed E-state index contributed by atoms with van der Waals surface area (Å²) in [5.41, 5.74) is 1.57. The smallest absolute Gasteiger partial charge is 0.265 e. The van der Waals surface area contributed by atoms with Crippen LogP contribution in [0.5, 0.6) is 0 Å². The van der Waals surface area contributed by atoms with Crippen LogP contribution in [0.4, 0.5) is 5.69 Å². The number of hydrogen-bond acceptors (Lipinski definition) is 5. The molecule has 1 N–H and O–H groups in total. The topological polar surface area (TPSA) is 76.1 Å². The fourth-order valence-corrected chi connectivity index (χ4v) is 6.04. The van der Waals surface area contributed by atoms with Crippen molar-refractivity contribution in [3.8, 4) is 10.4 Å². The number of hydrogen-bond donors (Lipinski definition) is 1. The fraction of sp³-hybridized carbons (Fsp3) is 0.0588. The molecule has 1 aromatic carbocycles. The van der Waals surface area contributed by atoms with E-state index in [1.54, 1.807) is 30.3 Å². The number of fused-ring (bicyclic) bond motifs is 3. The largest absolute Gasteiger partial charge is 0.319 e. The van der Waals surface area contributed by atoms with Gasteiger partial charge in [-0.2, -0.15) is 0 Å². The van der Waals surface area contributed by atoms with Crippen molar-refractivity contribution in [3.63, 3.8) is 0 Å². The van der Waals surface area contributed by atoms with Gasteiger partial charge in [-0.05, 0) is 35.9 Å². The first-order valence-corrected chi connectivity index (χ1v) is 10.6. The third-order valence-corrected chi connectivity index (χ3v) is 7.35. The monoisotopic (exact) mass is 424 g/mol. The van der Waals surface area contributed by atoms with E-state index >= 15 is 0 Å². The normalized spacial score (nSPS) is 14.4. The average Bonchev–Trinajstić information content (AvgIpc) is 3.00. The van der Waals surface area contributed by atoms with Crippen LogP contribution < -0.4 is 5.32 Å². The molecule has 1 aliphatic rings.